The average Bonchev–Trinajstić information content (AvgIpc) is 3.27. The Hall–Kier alpha value is -2.78. The minimum Gasteiger partial charge on any atom is -0.496 e. The second-order valence-electron chi connectivity index (χ2n) is 5.43. The largest absolute Gasteiger partial charge is 0.496 e. The molecule has 6 heteroatoms. The van der Waals surface area contributed by atoms with Crippen molar-refractivity contribution in [2.75, 3.05) is 25.6 Å². The van der Waals surface area contributed by atoms with Crippen LogP contribution < -0.4 is 10.1 Å². The highest BCUT2D eigenvalue weighted by atomic mass is 16.5. The van der Waals surface area contributed by atoms with Crippen LogP contribution in [0.2, 0.25) is 0 Å². The Morgan fingerprint density at radius 1 is 1.42 bits per heavy atom. The number of oxazole rings is 1. The van der Waals surface area contributed by atoms with Gasteiger partial charge in [-0.05, 0) is 25.0 Å². The van der Waals surface area contributed by atoms with E-state index in [0.717, 1.165) is 30.8 Å². The van der Waals surface area contributed by atoms with E-state index < -0.39 is 0 Å². The zero-order chi connectivity index (χ0) is 16.8. The van der Waals surface area contributed by atoms with E-state index in [1.807, 2.05) is 36.4 Å². The molecule has 0 radical (unpaired) electrons. The molecule has 3 rings (SSSR count). The third-order valence-electron chi connectivity index (χ3n) is 3.81. The predicted octanol–water partition coefficient (Wildman–Crippen LogP) is 3.32. The summed E-state index contributed by atoms with van der Waals surface area (Å²) in [6, 6.07) is 9.68. The van der Waals surface area contributed by atoms with E-state index in [-0.39, 0.29) is 11.8 Å². The van der Waals surface area contributed by atoms with Crippen LogP contribution in [0.25, 0.3) is 12.2 Å². The van der Waals surface area contributed by atoms with Crippen LogP contribution in [0.3, 0.4) is 0 Å². The molecule has 2 aromatic rings. The minimum absolute atomic E-state index is 0.161. The number of methoxy groups -OCH3 is 1. The van der Waals surface area contributed by atoms with Crippen molar-refractivity contribution in [1.29, 1.82) is 5.26 Å². The first-order chi connectivity index (χ1) is 11.8. The third-order valence-corrected chi connectivity index (χ3v) is 3.81. The Kier molecular flexibility index (Phi) is 5.14. The molecule has 1 fully saturated rings. The summed E-state index contributed by atoms with van der Waals surface area (Å²) < 4.78 is 16.5. The van der Waals surface area contributed by atoms with E-state index in [0.29, 0.717) is 18.3 Å². The first-order valence-corrected chi connectivity index (χ1v) is 7.87. The summed E-state index contributed by atoms with van der Waals surface area (Å²) in [6.45, 7) is 1.40. The van der Waals surface area contributed by atoms with Crippen LogP contribution in [-0.4, -0.2) is 31.3 Å². The first-order valence-electron chi connectivity index (χ1n) is 7.87. The smallest absolute Gasteiger partial charge is 0.232 e. The molecule has 24 heavy (non-hydrogen) atoms. The lowest BCUT2D eigenvalue weighted by molar-refractivity contribution is 0.120. The number of benzene rings is 1. The quantitative estimate of drug-likeness (QED) is 0.877. The summed E-state index contributed by atoms with van der Waals surface area (Å²) in [5, 5.41) is 12.3. The van der Waals surface area contributed by atoms with Gasteiger partial charge in [-0.2, -0.15) is 10.2 Å². The minimum atomic E-state index is 0.161. The number of aromatic nitrogens is 1. The number of nitrogens with zero attached hydrogens (tertiary/aromatic N) is 2. The molecule has 0 bridgehead atoms. The van der Waals surface area contributed by atoms with Gasteiger partial charge in [-0.25, -0.2) is 0 Å². The summed E-state index contributed by atoms with van der Waals surface area (Å²) in [4.78, 5) is 4.19. The van der Waals surface area contributed by atoms with Gasteiger partial charge in [0.2, 0.25) is 17.5 Å². The molecule has 2 heterocycles. The molecular formula is C18H19N3O3. The summed E-state index contributed by atoms with van der Waals surface area (Å²) in [6.07, 6.45) is 5.81. The molecule has 0 aliphatic carbocycles. The molecular weight excluding hydrogens is 306 g/mol. The molecule has 0 unspecified atom stereocenters. The van der Waals surface area contributed by atoms with Crippen LogP contribution in [0.1, 0.15) is 30.0 Å². The van der Waals surface area contributed by atoms with Crippen molar-refractivity contribution in [3.8, 4) is 11.8 Å². The van der Waals surface area contributed by atoms with Crippen LogP contribution in [-0.2, 0) is 4.74 Å². The highest BCUT2D eigenvalue weighted by Crippen LogP contribution is 2.22. The summed E-state index contributed by atoms with van der Waals surface area (Å²) in [7, 11) is 1.62. The van der Waals surface area contributed by atoms with Gasteiger partial charge in [-0.15, -0.1) is 0 Å². The van der Waals surface area contributed by atoms with Crippen LogP contribution in [0.4, 0.5) is 5.88 Å². The van der Waals surface area contributed by atoms with Crippen molar-refractivity contribution < 1.29 is 13.9 Å². The van der Waals surface area contributed by atoms with Crippen LogP contribution in [0.15, 0.2) is 28.7 Å². The summed E-state index contributed by atoms with van der Waals surface area (Å²) in [5.41, 5.74) is 1.15. The molecule has 0 spiro atoms. The van der Waals surface area contributed by atoms with Gasteiger partial charge in [0.25, 0.3) is 0 Å². The number of nitrogens with one attached hydrogen (secondary N) is 1. The number of anilines is 1. The molecule has 1 aliphatic rings. The molecule has 0 amide bonds. The fraction of sp³-hybridized carbons (Fsp3) is 0.333. The second-order valence-corrected chi connectivity index (χ2v) is 5.43. The number of rotatable bonds is 6. The molecule has 1 aliphatic heterocycles. The maximum atomic E-state index is 9.20. The Labute approximate surface area is 140 Å². The van der Waals surface area contributed by atoms with E-state index >= 15 is 0 Å². The highest BCUT2D eigenvalue weighted by molar-refractivity contribution is 5.70. The Bertz CT molecular complexity index is 755. The molecule has 0 saturated carbocycles. The first kappa shape index (κ1) is 16.1. The number of hydrogen-bond donors (Lipinski definition) is 1. The van der Waals surface area contributed by atoms with Crippen molar-refractivity contribution in [2.24, 2.45) is 0 Å². The lowest BCUT2D eigenvalue weighted by Gasteiger charge is -2.09. The molecule has 1 aromatic heterocycles. The van der Waals surface area contributed by atoms with E-state index in [9.17, 15) is 5.26 Å². The Morgan fingerprint density at radius 2 is 2.29 bits per heavy atom. The third kappa shape index (κ3) is 3.76. The summed E-state index contributed by atoms with van der Waals surface area (Å²) >= 11 is 0. The normalized spacial score (nSPS) is 17.1. The van der Waals surface area contributed by atoms with E-state index in [1.165, 1.54) is 0 Å². The lowest BCUT2D eigenvalue weighted by atomic mass is 10.2. The van der Waals surface area contributed by atoms with Gasteiger partial charge >= 0.3 is 0 Å². The molecule has 1 saturated heterocycles. The van der Waals surface area contributed by atoms with Crippen molar-refractivity contribution >= 4 is 18.0 Å². The molecule has 124 valence electrons. The molecule has 1 N–H and O–H groups in total. The van der Waals surface area contributed by atoms with Crippen LogP contribution in [0, 0.1) is 11.3 Å². The average molecular weight is 325 g/mol. The van der Waals surface area contributed by atoms with Gasteiger partial charge < -0.3 is 19.2 Å². The van der Waals surface area contributed by atoms with Gasteiger partial charge in [0.1, 0.15) is 11.8 Å². The maximum absolute atomic E-state index is 9.20. The van der Waals surface area contributed by atoms with Gasteiger partial charge in [-0.3, -0.25) is 0 Å². The SMILES string of the molecule is COc1ccccc1/C=C/c1nc(C#N)c(NC[C@@H]2CCCO2)o1. The maximum Gasteiger partial charge on any atom is 0.232 e. The fourth-order valence-electron chi connectivity index (χ4n) is 2.58. The zero-order valence-corrected chi connectivity index (χ0v) is 13.5. The number of nitriles is 1. The lowest BCUT2D eigenvalue weighted by Crippen LogP contribution is -2.18. The number of ether oxygens (including phenoxy) is 2. The number of para-hydroxylation sites is 1. The van der Waals surface area contributed by atoms with Crippen molar-refractivity contribution in [3.63, 3.8) is 0 Å². The predicted molar refractivity (Wildman–Crippen MR) is 90.6 cm³/mol. The van der Waals surface area contributed by atoms with E-state index in [1.54, 1.807) is 13.2 Å². The van der Waals surface area contributed by atoms with Crippen molar-refractivity contribution in [2.45, 2.75) is 18.9 Å². The zero-order valence-electron chi connectivity index (χ0n) is 13.5. The van der Waals surface area contributed by atoms with Gasteiger partial charge in [0, 0.05) is 24.8 Å². The van der Waals surface area contributed by atoms with Crippen LogP contribution in [0.5, 0.6) is 5.75 Å². The van der Waals surface area contributed by atoms with Crippen molar-refractivity contribution in [3.05, 3.63) is 41.4 Å². The highest BCUT2D eigenvalue weighted by Gasteiger charge is 2.18. The summed E-state index contributed by atoms with van der Waals surface area (Å²) in [5.74, 6) is 1.51. The van der Waals surface area contributed by atoms with Gasteiger partial charge in [0.15, 0.2) is 0 Å². The molecule has 1 aromatic carbocycles. The Morgan fingerprint density at radius 3 is 3.04 bits per heavy atom. The Balaban J connectivity index is 1.72. The standard InChI is InChI=1S/C18H19N3O3/c1-22-16-7-3-2-5-13(16)8-9-17-21-15(11-19)18(24-17)20-12-14-6-4-10-23-14/h2-3,5,7-9,14,20H,4,6,10,12H2,1H3/b9-8+/t14-/m0/s1. The second kappa shape index (κ2) is 7.66. The molecule has 6 nitrogen and oxygen atoms in total. The topological polar surface area (TPSA) is 80.3 Å². The van der Waals surface area contributed by atoms with Gasteiger partial charge in [0.05, 0.1) is 13.2 Å². The van der Waals surface area contributed by atoms with Gasteiger partial charge in [-0.1, -0.05) is 18.2 Å². The molecule has 1 atom stereocenters. The van der Waals surface area contributed by atoms with E-state index in [4.69, 9.17) is 13.9 Å². The van der Waals surface area contributed by atoms with Crippen LogP contribution >= 0.6 is 0 Å². The number of hydrogen-bond acceptors (Lipinski definition) is 6. The van der Waals surface area contributed by atoms with E-state index in [2.05, 4.69) is 10.3 Å². The van der Waals surface area contributed by atoms with Crippen molar-refractivity contribution in [1.82, 2.24) is 4.98 Å². The fourth-order valence-corrected chi connectivity index (χ4v) is 2.58. The monoisotopic (exact) mass is 325 g/mol.